The number of nitrogens with one attached hydrogen (secondary N) is 1. The standard InChI is InChI=1S/C25H19NOS/c27-25(21-17-15-20(16-18-21)19-9-3-1-4-10-19)26-23-13-7-8-14-24(23)28-22-11-5-2-6-12-22/h1-18H,(H,26,27). The monoisotopic (exact) mass is 381 g/mol. The van der Waals surface area contributed by atoms with E-state index in [1.54, 1.807) is 11.8 Å². The van der Waals surface area contributed by atoms with Crippen molar-refractivity contribution >= 4 is 23.4 Å². The van der Waals surface area contributed by atoms with Crippen molar-refractivity contribution in [2.45, 2.75) is 9.79 Å². The minimum absolute atomic E-state index is 0.110. The Morgan fingerprint density at radius 3 is 1.89 bits per heavy atom. The molecular formula is C25H19NOS. The van der Waals surface area contributed by atoms with Crippen molar-refractivity contribution in [3.05, 3.63) is 115 Å². The number of carbonyl (C=O) groups is 1. The summed E-state index contributed by atoms with van der Waals surface area (Å²) in [5.74, 6) is -0.110. The number of carbonyl (C=O) groups excluding carboxylic acids is 1. The van der Waals surface area contributed by atoms with Crippen LogP contribution in [0.3, 0.4) is 0 Å². The quantitative estimate of drug-likeness (QED) is 0.414. The lowest BCUT2D eigenvalue weighted by Crippen LogP contribution is -2.12. The molecule has 0 fully saturated rings. The second kappa shape index (κ2) is 8.59. The van der Waals surface area contributed by atoms with Crippen LogP contribution in [0.5, 0.6) is 0 Å². The summed E-state index contributed by atoms with van der Waals surface area (Å²) in [7, 11) is 0. The van der Waals surface area contributed by atoms with Crippen molar-refractivity contribution < 1.29 is 4.79 Å². The fourth-order valence-corrected chi connectivity index (χ4v) is 3.84. The Morgan fingerprint density at radius 2 is 1.18 bits per heavy atom. The Bertz CT molecular complexity index is 1060. The first kappa shape index (κ1) is 18.1. The summed E-state index contributed by atoms with van der Waals surface area (Å²) in [5.41, 5.74) is 3.68. The summed E-state index contributed by atoms with van der Waals surface area (Å²) >= 11 is 1.64. The third-order valence-corrected chi connectivity index (χ3v) is 5.44. The summed E-state index contributed by atoms with van der Waals surface area (Å²) in [4.78, 5) is 14.9. The van der Waals surface area contributed by atoms with E-state index < -0.39 is 0 Å². The number of hydrogen-bond donors (Lipinski definition) is 1. The number of para-hydroxylation sites is 1. The largest absolute Gasteiger partial charge is 0.321 e. The average Bonchev–Trinajstić information content (AvgIpc) is 2.76. The molecule has 0 aliphatic rings. The Balaban J connectivity index is 1.51. The van der Waals surface area contributed by atoms with Crippen LogP contribution in [0.1, 0.15) is 10.4 Å². The Labute approximate surface area is 169 Å². The van der Waals surface area contributed by atoms with E-state index in [-0.39, 0.29) is 5.91 Å². The van der Waals surface area contributed by atoms with Crippen molar-refractivity contribution in [3.8, 4) is 11.1 Å². The second-order valence-corrected chi connectivity index (χ2v) is 7.42. The van der Waals surface area contributed by atoms with Crippen LogP contribution in [0, 0.1) is 0 Å². The smallest absolute Gasteiger partial charge is 0.255 e. The predicted octanol–water partition coefficient (Wildman–Crippen LogP) is 6.76. The highest BCUT2D eigenvalue weighted by atomic mass is 32.2. The second-order valence-electron chi connectivity index (χ2n) is 6.31. The molecule has 0 spiro atoms. The van der Waals surface area contributed by atoms with Crippen LogP contribution < -0.4 is 5.32 Å². The fourth-order valence-electron chi connectivity index (χ4n) is 2.91. The van der Waals surface area contributed by atoms with Gasteiger partial charge in [0.1, 0.15) is 0 Å². The van der Waals surface area contributed by atoms with Gasteiger partial charge >= 0.3 is 0 Å². The van der Waals surface area contributed by atoms with Crippen LogP contribution in [0.25, 0.3) is 11.1 Å². The van der Waals surface area contributed by atoms with E-state index in [0.717, 1.165) is 26.6 Å². The van der Waals surface area contributed by atoms with E-state index in [0.29, 0.717) is 5.56 Å². The van der Waals surface area contributed by atoms with Crippen molar-refractivity contribution in [1.29, 1.82) is 0 Å². The minimum Gasteiger partial charge on any atom is -0.321 e. The van der Waals surface area contributed by atoms with E-state index in [4.69, 9.17) is 0 Å². The van der Waals surface area contributed by atoms with E-state index in [1.165, 1.54) is 0 Å². The lowest BCUT2D eigenvalue weighted by atomic mass is 10.0. The van der Waals surface area contributed by atoms with Gasteiger partial charge in [-0.15, -0.1) is 0 Å². The molecule has 0 atom stereocenters. The van der Waals surface area contributed by atoms with Crippen LogP contribution in [0.15, 0.2) is 119 Å². The molecule has 0 radical (unpaired) electrons. The third kappa shape index (κ3) is 4.33. The number of anilines is 1. The molecule has 4 rings (SSSR count). The zero-order valence-corrected chi connectivity index (χ0v) is 16.0. The molecule has 136 valence electrons. The molecule has 3 heteroatoms. The van der Waals surface area contributed by atoms with E-state index in [1.807, 2.05) is 84.9 Å². The zero-order chi connectivity index (χ0) is 19.2. The number of rotatable bonds is 5. The molecule has 2 nitrogen and oxygen atoms in total. The van der Waals surface area contributed by atoms with Gasteiger partial charge in [-0.2, -0.15) is 0 Å². The molecule has 4 aromatic rings. The Hall–Kier alpha value is -3.30. The summed E-state index contributed by atoms with van der Waals surface area (Å²) in [6.07, 6.45) is 0. The zero-order valence-electron chi connectivity index (χ0n) is 15.2. The first-order valence-electron chi connectivity index (χ1n) is 9.08. The van der Waals surface area contributed by atoms with Crippen molar-refractivity contribution in [2.24, 2.45) is 0 Å². The summed E-state index contributed by atoms with van der Waals surface area (Å²) in [6.45, 7) is 0. The summed E-state index contributed by atoms with van der Waals surface area (Å²) in [5, 5.41) is 3.05. The van der Waals surface area contributed by atoms with Crippen LogP contribution in [0.2, 0.25) is 0 Å². The predicted molar refractivity (Wildman–Crippen MR) is 117 cm³/mol. The van der Waals surface area contributed by atoms with Gasteiger partial charge in [0.2, 0.25) is 0 Å². The van der Waals surface area contributed by atoms with Gasteiger partial charge in [-0.3, -0.25) is 4.79 Å². The molecule has 0 bridgehead atoms. The Kier molecular flexibility index (Phi) is 5.55. The van der Waals surface area contributed by atoms with Crippen LogP contribution in [0.4, 0.5) is 5.69 Å². The molecule has 28 heavy (non-hydrogen) atoms. The highest BCUT2D eigenvalue weighted by Crippen LogP contribution is 2.33. The number of benzene rings is 4. The molecule has 0 aliphatic carbocycles. The minimum atomic E-state index is -0.110. The highest BCUT2D eigenvalue weighted by molar-refractivity contribution is 7.99. The molecule has 1 amide bonds. The van der Waals surface area contributed by atoms with Crippen molar-refractivity contribution in [1.82, 2.24) is 0 Å². The molecule has 0 heterocycles. The average molecular weight is 382 g/mol. The maximum Gasteiger partial charge on any atom is 0.255 e. The maximum atomic E-state index is 12.7. The molecule has 0 unspecified atom stereocenters. The third-order valence-electron chi connectivity index (χ3n) is 4.36. The lowest BCUT2D eigenvalue weighted by molar-refractivity contribution is 0.102. The van der Waals surface area contributed by atoms with Gasteiger partial charge in [0.25, 0.3) is 5.91 Å². The lowest BCUT2D eigenvalue weighted by Gasteiger charge is -2.11. The molecular weight excluding hydrogens is 362 g/mol. The van der Waals surface area contributed by atoms with E-state index in [9.17, 15) is 4.79 Å². The van der Waals surface area contributed by atoms with Crippen molar-refractivity contribution in [3.63, 3.8) is 0 Å². The van der Waals surface area contributed by atoms with E-state index in [2.05, 4.69) is 29.6 Å². The van der Waals surface area contributed by atoms with Crippen LogP contribution in [-0.2, 0) is 0 Å². The van der Waals surface area contributed by atoms with Crippen molar-refractivity contribution in [2.75, 3.05) is 5.32 Å². The van der Waals surface area contributed by atoms with Gasteiger partial charge in [0, 0.05) is 15.4 Å². The Morgan fingerprint density at radius 1 is 0.607 bits per heavy atom. The molecule has 0 saturated heterocycles. The van der Waals surface area contributed by atoms with Crippen LogP contribution >= 0.6 is 11.8 Å². The molecule has 0 saturated carbocycles. The van der Waals surface area contributed by atoms with Crippen LogP contribution in [-0.4, -0.2) is 5.91 Å². The van der Waals surface area contributed by atoms with Gasteiger partial charge in [-0.25, -0.2) is 0 Å². The van der Waals surface area contributed by atoms with Gasteiger partial charge in [0.15, 0.2) is 0 Å². The SMILES string of the molecule is O=C(Nc1ccccc1Sc1ccccc1)c1ccc(-c2ccccc2)cc1. The molecule has 0 aromatic heterocycles. The van der Waals surface area contributed by atoms with Gasteiger partial charge < -0.3 is 5.32 Å². The summed E-state index contributed by atoms with van der Waals surface area (Å²) in [6, 6.07) is 35.8. The van der Waals surface area contributed by atoms with Gasteiger partial charge in [-0.05, 0) is 47.5 Å². The molecule has 0 aliphatic heterocycles. The first-order chi connectivity index (χ1) is 13.8. The fraction of sp³-hybridized carbons (Fsp3) is 0. The van der Waals surface area contributed by atoms with Gasteiger partial charge in [0.05, 0.1) is 5.69 Å². The highest BCUT2D eigenvalue weighted by Gasteiger charge is 2.10. The topological polar surface area (TPSA) is 29.1 Å². The molecule has 4 aromatic carbocycles. The normalized spacial score (nSPS) is 10.4. The van der Waals surface area contributed by atoms with E-state index >= 15 is 0 Å². The summed E-state index contributed by atoms with van der Waals surface area (Å²) < 4.78 is 0. The maximum absolute atomic E-state index is 12.7. The number of amides is 1. The first-order valence-corrected chi connectivity index (χ1v) is 9.90. The molecule has 1 N–H and O–H groups in total. The van der Waals surface area contributed by atoms with Gasteiger partial charge in [-0.1, -0.05) is 84.6 Å². The number of hydrogen-bond acceptors (Lipinski definition) is 2.